The van der Waals surface area contributed by atoms with Gasteiger partial charge in [-0.25, -0.2) is 9.18 Å². The monoisotopic (exact) mass is 259 g/mol. The highest BCUT2D eigenvalue weighted by molar-refractivity contribution is 6.30. The van der Waals surface area contributed by atoms with E-state index in [1.165, 1.54) is 19.2 Å². The number of rotatable bonds is 5. The van der Waals surface area contributed by atoms with Crippen molar-refractivity contribution in [2.45, 2.75) is 19.4 Å². The van der Waals surface area contributed by atoms with Crippen molar-refractivity contribution < 1.29 is 13.9 Å². The van der Waals surface area contributed by atoms with Gasteiger partial charge in [-0.3, -0.25) is 0 Å². The van der Waals surface area contributed by atoms with Crippen LogP contribution in [-0.2, 0) is 9.53 Å². The predicted octanol–water partition coefficient (Wildman–Crippen LogP) is 2.69. The molecule has 94 valence electrons. The van der Waals surface area contributed by atoms with Gasteiger partial charge in [0.15, 0.2) is 0 Å². The fraction of sp³-hybridized carbons (Fsp3) is 0.417. The van der Waals surface area contributed by atoms with E-state index in [0.717, 1.165) is 6.42 Å². The van der Waals surface area contributed by atoms with Crippen molar-refractivity contribution in [3.63, 3.8) is 0 Å². The quantitative estimate of drug-likeness (QED) is 0.827. The van der Waals surface area contributed by atoms with E-state index in [1.54, 1.807) is 6.07 Å². The molecule has 1 rings (SSSR count). The van der Waals surface area contributed by atoms with Crippen LogP contribution in [0.3, 0.4) is 0 Å². The summed E-state index contributed by atoms with van der Waals surface area (Å²) in [4.78, 5) is 11.6. The second kappa shape index (κ2) is 6.57. The summed E-state index contributed by atoms with van der Waals surface area (Å²) in [5, 5.41) is 3.25. The first-order valence-electron chi connectivity index (χ1n) is 5.35. The summed E-state index contributed by atoms with van der Waals surface area (Å²) in [7, 11) is 1.30. The van der Waals surface area contributed by atoms with Crippen LogP contribution in [0.2, 0.25) is 5.02 Å². The number of methoxy groups -OCH3 is 1. The van der Waals surface area contributed by atoms with Crippen LogP contribution < -0.4 is 5.32 Å². The van der Waals surface area contributed by atoms with Gasteiger partial charge in [-0.05, 0) is 36.7 Å². The van der Waals surface area contributed by atoms with Gasteiger partial charge < -0.3 is 10.1 Å². The van der Waals surface area contributed by atoms with E-state index in [9.17, 15) is 9.18 Å². The topological polar surface area (TPSA) is 38.3 Å². The van der Waals surface area contributed by atoms with Crippen LogP contribution >= 0.6 is 11.6 Å². The van der Waals surface area contributed by atoms with Crippen LogP contribution in [0.15, 0.2) is 18.2 Å². The molecule has 5 heteroatoms. The summed E-state index contributed by atoms with van der Waals surface area (Å²) in [6, 6.07) is 3.33. The molecule has 0 saturated carbocycles. The first-order valence-corrected chi connectivity index (χ1v) is 5.73. The Bertz CT molecular complexity index is 378. The first kappa shape index (κ1) is 13.9. The van der Waals surface area contributed by atoms with Crippen LogP contribution in [-0.4, -0.2) is 19.6 Å². The van der Waals surface area contributed by atoms with Gasteiger partial charge in [-0.2, -0.15) is 0 Å². The summed E-state index contributed by atoms with van der Waals surface area (Å²) >= 11 is 5.76. The zero-order valence-electron chi connectivity index (χ0n) is 9.80. The van der Waals surface area contributed by atoms with E-state index in [-0.39, 0.29) is 5.02 Å². The fourth-order valence-corrected chi connectivity index (χ4v) is 1.72. The third kappa shape index (κ3) is 3.98. The highest BCUT2D eigenvalue weighted by Crippen LogP contribution is 2.21. The summed E-state index contributed by atoms with van der Waals surface area (Å²) in [6.07, 6.45) is 0.858. The summed E-state index contributed by atoms with van der Waals surface area (Å²) in [5.41, 5.74) is 0.468. The normalized spacial score (nSPS) is 12.2. The largest absolute Gasteiger partial charge is 0.468 e. The smallest absolute Gasteiger partial charge is 0.327 e. The van der Waals surface area contributed by atoms with E-state index in [1.807, 2.05) is 6.92 Å². The van der Waals surface area contributed by atoms with E-state index < -0.39 is 17.8 Å². The van der Waals surface area contributed by atoms with Crippen LogP contribution in [0.25, 0.3) is 0 Å². The Hall–Kier alpha value is -1.13. The molecule has 0 amide bonds. The van der Waals surface area contributed by atoms with Gasteiger partial charge >= 0.3 is 5.97 Å². The lowest BCUT2D eigenvalue weighted by molar-refractivity contribution is -0.143. The van der Waals surface area contributed by atoms with Gasteiger partial charge in [0.2, 0.25) is 0 Å². The van der Waals surface area contributed by atoms with E-state index in [2.05, 4.69) is 10.1 Å². The number of carbonyl (C=O) groups excluding carboxylic acids is 1. The standard InChI is InChI=1S/C12H15ClFNO2/c1-3-4-15-11(12(16)17-2)8-5-9(13)7-10(14)6-8/h5-7,11,15H,3-4H2,1-2H3. The highest BCUT2D eigenvalue weighted by Gasteiger charge is 2.21. The second-order valence-electron chi connectivity index (χ2n) is 3.61. The van der Waals surface area contributed by atoms with Crippen LogP contribution in [0.4, 0.5) is 4.39 Å². The molecule has 0 bridgehead atoms. The van der Waals surface area contributed by atoms with Crippen molar-refractivity contribution in [3.05, 3.63) is 34.6 Å². The molecule has 0 saturated heterocycles. The maximum absolute atomic E-state index is 13.2. The Kier molecular flexibility index (Phi) is 5.38. The number of benzene rings is 1. The maximum atomic E-state index is 13.2. The molecule has 1 aromatic carbocycles. The minimum Gasteiger partial charge on any atom is -0.468 e. The van der Waals surface area contributed by atoms with Crippen LogP contribution in [0.5, 0.6) is 0 Å². The molecule has 0 aliphatic rings. The molecular formula is C12H15ClFNO2. The number of hydrogen-bond acceptors (Lipinski definition) is 3. The highest BCUT2D eigenvalue weighted by atomic mass is 35.5. The number of nitrogens with one attached hydrogen (secondary N) is 1. The third-order valence-electron chi connectivity index (χ3n) is 2.25. The van der Waals surface area contributed by atoms with Gasteiger partial charge in [0.05, 0.1) is 7.11 Å². The van der Waals surface area contributed by atoms with Gasteiger partial charge in [0, 0.05) is 5.02 Å². The first-order chi connectivity index (χ1) is 8.08. The number of hydrogen-bond donors (Lipinski definition) is 1. The van der Waals surface area contributed by atoms with Crippen molar-refractivity contribution in [1.82, 2.24) is 5.32 Å². The third-order valence-corrected chi connectivity index (χ3v) is 2.47. The molecule has 17 heavy (non-hydrogen) atoms. The van der Waals surface area contributed by atoms with Crippen LogP contribution in [0, 0.1) is 5.82 Å². The van der Waals surface area contributed by atoms with Gasteiger partial charge in [0.25, 0.3) is 0 Å². The number of halogens is 2. The lowest BCUT2D eigenvalue weighted by Gasteiger charge is -2.16. The molecule has 0 heterocycles. The summed E-state index contributed by atoms with van der Waals surface area (Å²) in [6.45, 7) is 2.60. The average molecular weight is 260 g/mol. The zero-order chi connectivity index (χ0) is 12.8. The minimum absolute atomic E-state index is 0.257. The second-order valence-corrected chi connectivity index (χ2v) is 4.05. The van der Waals surface area contributed by atoms with Gasteiger partial charge in [-0.15, -0.1) is 0 Å². The molecule has 1 aromatic rings. The Morgan fingerprint density at radius 3 is 2.76 bits per heavy atom. The van der Waals surface area contributed by atoms with E-state index in [0.29, 0.717) is 12.1 Å². The fourth-order valence-electron chi connectivity index (χ4n) is 1.49. The summed E-state index contributed by atoms with van der Waals surface area (Å²) in [5.74, 6) is -0.931. The lowest BCUT2D eigenvalue weighted by Crippen LogP contribution is -2.30. The van der Waals surface area contributed by atoms with E-state index >= 15 is 0 Å². The Balaban J connectivity index is 2.98. The van der Waals surface area contributed by atoms with Crippen molar-refractivity contribution >= 4 is 17.6 Å². The zero-order valence-corrected chi connectivity index (χ0v) is 10.6. The molecular weight excluding hydrogens is 245 g/mol. The number of esters is 1. The molecule has 0 aromatic heterocycles. The van der Waals surface area contributed by atoms with Gasteiger partial charge in [-0.1, -0.05) is 18.5 Å². The SMILES string of the molecule is CCCNC(C(=O)OC)c1cc(F)cc(Cl)c1. The molecule has 1 unspecified atom stereocenters. The predicted molar refractivity (Wildman–Crippen MR) is 64.5 cm³/mol. The van der Waals surface area contributed by atoms with Crippen molar-refractivity contribution in [2.24, 2.45) is 0 Å². The lowest BCUT2D eigenvalue weighted by atomic mass is 10.1. The average Bonchev–Trinajstić information content (AvgIpc) is 2.28. The Labute approximate surface area is 105 Å². The molecule has 0 spiro atoms. The Morgan fingerprint density at radius 1 is 1.53 bits per heavy atom. The number of carbonyl (C=O) groups is 1. The molecule has 3 nitrogen and oxygen atoms in total. The molecule has 0 aliphatic carbocycles. The van der Waals surface area contributed by atoms with Gasteiger partial charge in [0.1, 0.15) is 11.9 Å². The number of ether oxygens (including phenoxy) is 1. The Morgan fingerprint density at radius 2 is 2.24 bits per heavy atom. The van der Waals surface area contributed by atoms with Crippen molar-refractivity contribution in [1.29, 1.82) is 0 Å². The summed E-state index contributed by atoms with van der Waals surface area (Å²) < 4.78 is 17.9. The van der Waals surface area contributed by atoms with Crippen molar-refractivity contribution in [2.75, 3.05) is 13.7 Å². The van der Waals surface area contributed by atoms with Crippen molar-refractivity contribution in [3.8, 4) is 0 Å². The minimum atomic E-state index is -0.687. The van der Waals surface area contributed by atoms with Crippen LogP contribution in [0.1, 0.15) is 24.9 Å². The van der Waals surface area contributed by atoms with E-state index in [4.69, 9.17) is 11.6 Å². The molecule has 0 aliphatic heterocycles. The molecule has 1 atom stereocenters. The molecule has 0 radical (unpaired) electrons. The molecule has 0 fully saturated rings. The molecule has 1 N–H and O–H groups in total. The maximum Gasteiger partial charge on any atom is 0.327 e.